The lowest BCUT2D eigenvalue weighted by Gasteiger charge is -2.45. The van der Waals surface area contributed by atoms with Crippen LogP contribution in [0.2, 0.25) is 10.0 Å². The number of nitrogens with zero attached hydrogens (tertiary/aromatic N) is 1. The second kappa shape index (κ2) is 9.67. The van der Waals surface area contributed by atoms with Gasteiger partial charge in [-0.15, -0.1) is 0 Å². The molecule has 29 heavy (non-hydrogen) atoms. The van der Waals surface area contributed by atoms with Gasteiger partial charge in [0.2, 0.25) is 5.24 Å². The highest BCUT2D eigenvalue weighted by Gasteiger charge is 2.35. The summed E-state index contributed by atoms with van der Waals surface area (Å²) in [4.78, 5) is 13.4. The van der Waals surface area contributed by atoms with Gasteiger partial charge in [0.25, 0.3) is 0 Å². The molecule has 1 unspecified atom stereocenters. The molecule has 0 aliphatic carbocycles. The fourth-order valence-electron chi connectivity index (χ4n) is 3.32. The van der Waals surface area contributed by atoms with Gasteiger partial charge in [-0.05, 0) is 55.3 Å². The molecule has 1 fully saturated rings. The molecule has 0 amide bonds. The Labute approximate surface area is 186 Å². The Morgan fingerprint density at radius 3 is 2.45 bits per heavy atom. The van der Waals surface area contributed by atoms with Crippen LogP contribution in [0.4, 0.5) is 0 Å². The van der Waals surface area contributed by atoms with Crippen LogP contribution < -0.4 is 4.74 Å². The van der Waals surface area contributed by atoms with E-state index in [9.17, 15) is 4.79 Å². The summed E-state index contributed by atoms with van der Waals surface area (Å²) >= 11 is 17.9. The van der Waals surface area contributed by atoms with E-state index in [0.29, 0.717) is 42.8 Å². The van der Waals surface area contributed by atoms with E-state index < -0.39 is 0 Å². The summed E-state index contributed by atoms with van der Waals surface area (Å²) in [5.41, 5.74) is 1.69. The van der Waals surface area contributed by atoms with E-state index in [4.69, 9.17) is 44.3 Å². The number of carbonyl (C=O) groups is 1. The van der Waals surface area contributed by atoms with E-state index in [0.717, 1.165) is 16.9 Å². The molecule has 1 heterocycles. The summed E-state index contributed by atoms with van der Waals surface area (Å²) < 4.78 is 11.9. The molecular formula is C22H24Cl3NO3. The second-order valence-corrected chi connectivity index (χ2v) is 8.96. The molecule has 1 saturated heterocycles. The van der Waals surface area contributed by atoms with Crippen LogP contribution in [0, 0.1) is 0 Å². The molecule has 0 bridgehead atoms. The first-order valence-electron chi connectivity index (χ1n) is 9.47. The minimum atomic E-state index is -0.316. The Hall–Kier alpha value is -1.30. The fraction of sp³-hybridized carbons (Fsp3) is 0.409. The van der Waals surface area contributed by atoms with Crippen molar-refractivity contribution < 1.29 is 14.3 Å². The first-order chi connectivity index (χ1) is 13.8. The second-order valence-electron chi connectivity index (χ2n) is 7.72. The fourth-order valence-corrected chi connectivity index (χ4v) is 3.91. The lowest BCUT2D eigenvalue weighted by molar-refractivity contribution is -0.116. The third kappa shape index (κ3) is 5.87. The third-order valence-corrected chi connectivity index (χ3v) is 6.05. The predicted molar refractivity (Wildman–Crippen MR) is 117 cm³/mol. The lowest BCUT2D eigenvalue weighted by atomic mass is 9.98. The van der Waals surface area contributed by atoms with Crippen LogP contribution in [0.15, 0.2) is 42.5 Å². The van der Waals surface area contributed by atoms with Gasteiger partial charge in [-0.2, -0.15) is 0 Å². The molecule has 3 rings (SSSR count). The smallest absolute Gasteiger partial charge is 0.222 e. The van der Waals surface area contributed by atoms with E-state index in [1.807, 2.05) is 24.3 Å². The number of rotatable bonds is 7. The van der Waals surface area contributed by atoms with Crippen LogP contribution in [0.3, 0.4) is 0 Å². The van der Waals surface area contributed by atoms with Crippen molar-refractivity contribution in [3.8, 4) is 5.75 Å². The average molecular weight is 457 g/mol. The van der Waals surface area contributed by atoms with Crippen molar-refractivity contribution in [1.82, 2.24) is 4.90 Å². The number of benzene rings is 2. The molecule has 1 aliphatic rings. The zero-order valence-electron chi connectivity index (χ0n) is 16.5. The minimum Gasteiger partial charge on any atom is -0.489 e. The normalized spacial score (nSPS) is 19.1. The van der Waals surface area contributed by atoms with Gasteiger partial charge in [-0.25, -0.2) is 0 Å². The Morgan fingerprint density at radius 1 is 1.17 bits per heavy atom. The first kappa shape index (κ1) is 22.4. The molecule has 0 radical (unpaired) electrons. The third-order valence-electron chi connectivity index (χ3n) is 5.16. The lowest BCUT2D eigenvalue weighted by Crippen LogP contribution is -2.54. The zero-order valence-corrected chi connectivity index (χ0v) is 18.7. The average Bonchev–Trinajstić information content (AvgIpc) is 2.67. The molecule has 2 aromatic rings. The van der Waals surface area contributed by atoms with Crippen LogP contribution in [0.25, 0.3) is 0 Å². The van der Waals surface area contributed by atoms with Crippen molar-refractivity contribution in [2.75, 3.05) is 19.7 Å². The summed E-state index contributed by atoms with van der Waals surface area (Å²) in [5, 5.41) is 0.856. The van der Waals surface area contributed by atoms with Gasteiger partial charge in [0.1, 0.15) is 12.4 Å². The quantitative estimate of drug-likeness (QED) is 0.488. The van der Waals surface area contributed by atoms with E-state index in [1.165, 1.54) is 0 Å². The van der Waals surface area contributed by atoms with Crippen LogP contribution in [0.1, 0.15) is 37.5 Å². The van der Waals surface area contributed by atoms with Gasteiger partial charge in [-0.1, -0.05) is 41.4 Å². The van der Waals surface area contributed by atoms with E-state index in [1.54, 1.807) is 18.2 Å². The molecule has 4 nitrogen and oxygen atoms in total. The van der Waals surface area contributed by atoms with E-state index in [-0.39, 0.29) is 16.9 Å². The highest BCUT2D eigenvalue weighted by molar-refractivity contribution is 6.63. The van der Waals surface area contributed by atoms with Crippen molar-refractivity contribution in [3.63, 3.8) is 0 Å². The van der Waals surface area contributed by atoms with Gasteiger partial charge < -0.3 is 9.47 Å². The number of morpholine rings is 1. The topological polar surface area (TPSA) is 38.8 Å². The highest BCUT2D eigenvalue weighted by Crippen LogP contribution is 2.32. The molecule has 2 aromatic carbocycles. The van der Waals surface area contributed by atoms with Gasteiger partial charge in [-0.3, -0.25) is 9.69 Å². The molecular weight excluding hydrogens is 433 g/mol. The maximum absolute atomic E-state index is 11.2. The first-order valence-corrected chi connectivity index (χ1v) is 10.6. The number of carbonyl (C=O) groups excluding carboxylic acids is 1. The van der Waals surface area contributed by atoms with Gasteiger partial charge in [0.15, 0.2) is 0 Å². The SMILES string of the molecule is CC1(C)COC(c2ccc(OCc3c(Cl)cccc3Cl)cc2)CN1CCC(=O)Cl. The number of hydrogen-bond donors (Lipinski definition) is 0. The summed E-state index contributed by atoms with van der Waals surface area (Å²) in [7, 11) is 0. The number of hydrogen-bond acceptors (Lipinski definition) is 4. The molecule has 0 spiro atoms. The Balaban J connectivity index is 1.63. The molecule has 7 heteroatoms. The Bertz CT molecular complexity index is 835. The van der Waals surface area contributed by atoms with Crippen molar-refractivity contribution in [3.05, 3.63) is 63.6 Å². The summed E-state index contributed by atoms with van der Waals surface area (Å²) in [5.74, 6) is 0.727. The summed E-state index contributed by atoms with van der Waals surface area (Å²) in [6, 6.07) is 13.2. The standard InChI is InChI=1S/C22H24Cl3NO3/c1-22(2)14-29-20(12-26(22)11-10-21(25)27)15-6-8-16(9-7-15)28-13-17-18(23)4-3-5-19(17)24/h3-9,20H,10-14H2,1-2H3. The van der Waals surface area contributed by atoms with Crippen LogP contribution in [-0.2, 0) is 16.1 Å². The Morgan fingerprint density at radius 2 is 1.83 bits per heavy atom. The van der Waals surface area contributed by atoms with Crippen LogP contribution in [-0.4, -0.2) is 35.4 Å². The van der Waals surface area contributed by atoms with Gasteiger partial charge >= 0.3 is 0 Å². The van der Waals surface area contributed by atoms with Crippen molar-refractivity contribution in [2.45, 2.75) is 38.5 Å². The number of halogens is 3. The molecule has 1 atom stereocenters. The summed E-state index contributed by atoms with van der Waals surface area (Å²) in [6.07, 6.45) is 0.259. The van der Waals surface area contributed by atoms with Gasteiger partial charge in [0.05, 0.1) is 12.7 Å². The van der Waals surface area contributed by atoms with Crippen LogP contribution >= 0.6 is 34.8 Å². The Kier molecular flexibility index (Phi) is 7.47. The van der Waals surface area contributed by atoms with Gasteiger partial charge in [0, 0.05) is 40.7 Å². The van der Waals surface area contributed by atoms with Crippen molar-refractivity contribution in [2.24, 2.45) is 0 Å². The summed E-state index contributed by atoms with van der Waals surface area (Å²) in [6.45, 7) is 6.42. The molecule has 156 valence electrons. The maximum Gasteiger partial charge on any atom is 0.222 e. The highest BCUT2D eigenvalue weighted by atomic mass is 35.5. The monoisotopic (exact) mass is 455 g/mol. The molecule has 1 aliphatic heterocycles. The van der Waals surface area contributed by atoms with Crippen LogP contribution in [0.5, 0.6) is 5.75 Å². The predicted octanol–water partition coefficient (Wildman–Crippen LogP) is 5.88. The van der Waals surface area contributed by atoms with E-state index in [2.05, 4.69) is 18.7 Å². The van der Waals surface area contributed by atoms with Crippen molar-refractivity contribution in [1.29, 1.82) is 0 Å². The number of ether oxygens (including phenoxy) is 2. The molecule has 0 N–H and O–H groups in total. The maximum atomic E-state index is 11.2. The largest absolute Gasteiger partial charge is 0.489 e. The molecule has 0 aromatic heterocycles. The van der Waals surface area contributed by atoms with Crippen molar-refractivity contribution >= 4 is 40.0 Å². The van der Waals surface area contributed by atoms with E-state index >= 15 is 0 Å². The minimum absolute atomic E-state index is 0.0690. The zero-order chi connectivity index (χ0) is 21.0. The molecule has 0 saturated carbocycles.